The first-order valence-corrected chi connectivity index (χ1v) is 27.7. The van der Waals surface area contributed by atoms with Crippen LogP contribution in [-0.2, 0) is 79.2 Å². The van der Waals surface area contributed by atoms with Gasteiger partial charge >= 0.3 is 0 Å². The summed E-state index contributed by atoms with van der Waals surface area (Å²) in [5.74, 6) is -2.94. The highest BCUT2D eigenvalue weighted by atomic mass is 32.2. The molecular weight excluding hydrogens is 965 g/mol. The molecule has 0 heterocycles. The molecule has 0 aliphatic heterocycles. The van der Waals surface area contributed by atoms with Crippen molar-refractivity contribution in [1.82, 2.24) is 21.3 Å². The van der Waals surface area contributed by atoms with E-state index in [1.165, 1.54) is 0 Å². The molecule has 1 aliphatic rings. The minimum atomic E-state index is -3.68. The van der Waals surface area contributed by atoms with Gasteiger partial charge in [0.05, 0.1) is 103 Å². The van der Waals surface area contributed by atoms with Crippen LogP contribution in [0.25, 0.3) is 0 Å². The van der Waals surface area contributed by atoms with Gasteiger partial charge in [0.2, 0.25) is 23.6 Å². The Balaban J connectivity index is 1.29. The minimum Gasteiger partial charge on any atom is -0.384 e. The first-order valence-electron chi connectivity index (χ1n) is 25.9. The number of rotatable bonds is 44. The molecule has 2 aromatic rings. The van der Waals surface area contributed by atoms with Gasteiger partial charge in [-0.15, -0.1) is 0 Å². The summed E-state index contributed by atoms with van der Waals surface area (Å²) in [5.41, 5.74) is 7.54. The third kappa shape index (κ3) is 31.7. The normalized spacial score (nSPS) is 13.8. The lowest BCUT2D eigenvalue weighted by atomic mass is 9.83. The highest BCUT2D eigenvalue weighted by Crippen LogP contribution is 2.30. The minimum absolute atomic E-state index is 0.0756. The molecule has 4 amide bonds. The van der Waals surface area contributed by atoms with Gasteiger partial charge in [0.1, 0.15) is 25.1 Å². The number of hydrogen-bond acceptors (Lipinski definition) is 15. The van der Waals surface area contributed by atoms with Crippen molar-refractivity contribution in [3.8, 4) is 0 Å². The average molecular weight is 1050 g/mol. The van der Waals surface area contributed by atoms with Gasteiger partial charge in [0.15, 0.2) is 9.84 Å². The standard InChI is InChI=1S/C52H84N6O14S/c1-2-22-65-24-26-67-28-30-69-32-34-71-35-33-70-31-29-68-27-25-66-23-21-56-49(60)39-72-38-48(59)55-20-10-9-15-47(52(62)57-37-43-16-18-45(19-17-43)50(53)54)58-51(61)46(36-42-11-5-3-6-12-42)41-73(63,64)40-44-13-7-4-8-14-44/h4,7-8,13-14,16-19,42,46-47H,2-3,5-6,9-12,15,20-41H2,1H3,(H3,53,54)(H,55,59)(H,56,60)(H,57,62)(H,58,61)/t46-,47-/m0/s1. The van der Waals surface area contributed by atoms with Crippen LogP contribution in [0.2, 0.25) is 0 Å². The number of carbonyl (C=O) groups excluding carboxylic acids is 4. The van der Waals surface area contributed by atoms with E-state index in [0.29, 0.717) is 110 Å². The molecule has 0 unspecified atom stereocenters. The molecule has 0 bridgehead atoms. The monoisotopic (exact) mass is 1050 g/mol. The van der Waals surface area contributed by atoms with E-state index in [4.69, 9.17) is 49.0 Å². The van der Waals surface area contributed by atoms with E-state index < -0.39 is 45.4 Å². The Hall–Kier alpha value is -4.58. The molecule has 0 aromatic heterocycles. The fourth-order valence-electron chi connectivity index (χ4n) is 7.81. The maximum atomic E-state index is 14.1. The van der Waals surface area contributed by atoms with Crippen molar-refractivity contribution in [3.05, 3.63) is 71.3 Å². The number of sulfone groups is 1. The van der Waals surface area contributed by atoms with Gasteiger partial charge in [-0.3, -0.25) is 24.6 Å². The van der Waals surface area contributed by atoms with Crippen LogP contribution in [0.4, 0.5) is 0 Å². The van der Waals surface area contributed by atoms with Crippen LogP contribution in [0.5, 0.6) is 0 Å². The number of nitrogens with two attached hydrogens (primary N) is 1. The van der Waals surface area contributed by atoms with Crippen LogP contribution in [0, 0.1) is 17.2 Å². The maximum absolute atomic E-state index is 14.1. The zero-order chi connectivity index (χ0) is 52.6. The highest BCUT2D eigenvalue weighted by Gasteiger charge is 2.32. The van der Waals surface area contributed by atoms with Crippen molar-refractivity contribution in [1.29, 1.82) is 5.41 Å². The summed E-state index contributed by atoms with van der Waals surface area (Å²) in [5, 5.41) is 18.9. The molecule has 0 spiro atoms. The summed E-state index contributed by atoms with van der Waals surface area (Å²) in [6.45, 7) is 8.73. The van der Waals surface area contributed by atoms with Crippen molar-refractivity contribution in [2.45, 2.75) is 89.5 Å². The predicted molar refractivity (Wildman–Crippen MR) is 277 cm³/mol. The first-order chi connectivity index (χ1) is 35.5. The zero-order valence-electron chi connectivity index (χ0n) is 43.0. The van der Waals surface area contributed by atoms with E-state index in [0.717, 1.165) is 50.7 Å². The van der Waals surface area contributed by atoms with E-state index in [2.05, 4.69) is 28.2 Å². The highest BCUT2D eigenvalue weighted by molar-refractivity contribution is 7.90. The first kappa shape index (κ1) is 62.7. The molecule has 1 fully saturated rings. The lowest BCUT2D eigenvalue weighted by molar-refractivity contribution is -0.131. The SMILES string of the molecule is CCCOCCOCCOCCOCCOCCOCCOCCNC(=O)COCC(=O)NCCCC[C@H](NC(=O)[C@@H](CC1CCCCC1)CS(=O)(=O)Cc1ccccc1)C(=O)NCc1ccc(C(=N)N)cc1. The molecule has 20 nitrogen and oxygen atoms in total. The lowest BCUT2D eigenvalue weighted by Gasteiger charge is -2.27. The number of benzene rings is 2. The fraction of sp³-hybridized carbons (Fsp3) is 0.673. The van der Waals surface area contributed by atoms with Crippen LogP contribution in [0.15, 0.2) is 54.6 Å². The quantitative estimate of drug-likeness (QED) is 0.0316. The van der Waals surface area contributed by atoms with Crippen molar-refractivity contribution in [3.63, 3.8) is 0 Å². The Morgan fingerprint density at radius 1 is 0.616 bits per heavy atom. The Labute approximate surface area is 432 Å². The zero-order valence-corrected chi connectivity index (χ0v) is 43.9. The van der Waals surface area contributed by atoms with Crippen LogP contribution >= 0.6 is 0 Å². The smallest absolute Gasteiger partial charge is 0.246 e. The number of hydrogen-bond donors (Lipinski definition) is 6. The second kappa shape index (κ2) is 39.8. The molecule has 3 rings (SSSR count). The summed E-state index contributed by atoms with van der Waals surface area (Å²) in [4.78, 5) is 52.5. The molecule has 7 N–H and O–H groups in total. The Morgan fingerprint density at radius 3 is 1.67 bits per heavy atom. The van der Waals surface area contributed by atoms with E-state index in [1.54, 1.807) is 48.5 Å². The molecule has 1 saturated carbocycles. The van der Waals surface area contributed by atoms with Crippen LogP contribution in [0.3, 0.4) is 0 Å². The van der Waals surface area contributed by atoms with E-state index in [-0.39, 0.29) is 69.1 Å². The van der Waals surface area contributed by atoms with Crippen LogP contribution < -0.4 is 27.0 Å². The second-order valence-corrected chi connectivity index (χ2v) is 20.0. The molecule has 73 heavy (non-hydrogen) atoms. The number of amides is 4. The maximum Gasteiger partial charge on any atom is 0.246 e. The van der Waals surface area contributed by atoms with Gasteiger partial charge in [0, 0.05) is 31.8 Å². The van der Waals surface area contributed by atoms with E-state index >= 15 is 0 Å². The van der Waals surface area contributed by atoms with Gasteiger partial charge in [0.25, 0.3) is 0 Å². The summed E-state index contributed by atoms with van der Waals surface area (Å²) in [6.07, 6.45) is 7.58. The molecule has 0 saturated heterocycles. The molecule has 1 aliphatic carbocycles. The van der Waals surface area contributed by atoms with Crippen molar-refractivity contribution >= 4 is 39.3 Å². The predicted octanol–water partition coefficient (Wildman–Crippen LogP) is 3.22. The van der Waals surface area contributed by atoms with Gasteiger partial charge in [-0.2, -0.15) is 0 Å². The summed E-state index contributed by atoms with van der Waals surface area (Å²) < 4.78 is 70.4. The molecule has 2 atom stereocenters. The molecule has 412 valence electrons. The third-order valence-corrected chi connectivity index (χ3v) is 13.3. The molecule has 21 heteroatoms. The van der Waals surface area contributed by atoms with Gasteiger partial charge in [-0.1, -0.05) is 93.6 Å². The Bertz CT molecular complexity index is 1930. The van der Waals surface area contributed by atoms with E-state index in [9.17, 15) is 27.6 Å². The van der Waals surface area contributed by atoms with E-state index in [1.807, 2.05) is 6.07 Å². The topological polar surface area (TPSA) is 274 Å². The molecular formula is C52H84N6O14S. The number of unbranched alkanes of at least 4 members (excludes halogenated alkanes) is 1. The number of nitrogens with one attached hydrogen (secondary N) is 5. The number of nitrogen functional groups attached to an aromatic ring is 1. The van der Waals surface area contributed by atoms with Crippen LogP contribution in [0.1, 0.15) is 87.8 Å². The Morgan fingerprint density at radius 2 is 1.14 bits per heavy atom. The van der Waals surface area contributed by atoms with Gasteiger partial charge < -0.3 is 64.9 Å². The number of ether oxygens (including phenoxy) is 8. The van der Waals surface area contributed by atoms with Crippen molar-refractivity contribution < 1.29 is 65.5 Å². The van der Waals surface area contributed by atoms with Crippen molar-refractivity contribution in [2.75, 3.05) is 125 Å². The molecule has 2 aromatic carbocycles. The van der Waals surface area contributed by atoms with Crippen LogP contribution in [-0.4, -0.2) is 168 Å². The summed E-state index contributed by atoms with van der Waals surface area (Å²) in [6, 6.07) is 14.8. The number of amidine groups is 1. The Kier molecular flexibility index (Phi) is 34.2. The average Bonchev–Trinajstić information content (AvgIpc) is 3.38. The third-order valence-electron chi connectivity index (χ3n) is 11.6. The second-order valence-electron chi connectivity index (χ2n) is 17.8. The summed E-state index contributed by atoms with van der Waals surface area (Å²) >= 11 is 0. The fourth-order valence-corrected chi connectivity index (χ4v) is 9.53. The van der Waals surface area contributed by atoms with Gasteiger partial charge in [-0.05, 0) is 49.1 Å². The number of carbonyl (C=O) groups is 4. The largest absolute Gasteiger partial charge is 0.384 e. The lowest BCUT2D eigenvalue weighted by Crippen LogP contribution is -2.49. The summed E-state index contributed by atoms with van der Waals surface area (Å²) in [7, 11) is -3.68. The molecule has 0 radical (unpaired) electrons. The van der Waals surface area contributed by atoms with Crippen molar-refractivity contribution in [2.24, 2.45) is 17.6 Å². The van der Waals surface area contributed by atoms with Gasteiger partial charge in [-0.25, -0.2) is 8.42 Å².